The Kier molecular flexibility index (Phi) is 2.88. The van der Waals surface area contributed by atoms with Crippen molar-refractivity contribution < 1.29 is 9.32 Å². The smallest absolute Gasteiger partial charge is 0.290 e. The highest BCUT2D eigenvalue weighted by molar-refractivity contribution is 9.10. The van der Waals surface area contributed by atoms with Crippen LogP contribution < -0.4 is 0 Å². The van der Waals surface area contributed by atoms with Gasteiger partial charge in [0, 0.05) is 16.1 Å². The lowest BCUT2D eigenvalue weighted by atomic mass is 10.1. The molecule has 0 saturated carbocycles. The van der Waals surface area contributed by atoms with E-state index >= 15 is 0 Å². The minimum atomic E-state index is -0.649. The summed E-state index contributed by atoms with van der Waals surface area (Å²) < 4.78 is 5.71. The van der Waals surface area contributed by atoms with Gasteiger partial charge in [-0.1, -0.05) is 33.2 Å². The number of hydrogen-bond donors (Lipinski definition) is 0. The maximum atomic E-state index is 10.8. The highest BCUT2D eigenvalue weighted by atomic mass is 79.9. The van der Waals surface area contributed by atoms with Crippen molar-refractivity contribution in [2.45, 2.75) is 0 Å². The standard InChI is InChI=1S/C10H5BrClNO2/c11-7-3-1-2-6(4-7)8-5-9(10(12)14)15-13-8/h1-5H. The molecule has 1 aromatic carbocycles. The summed E-state index contributed by atoms with van der Waals surface area (Å²) in [7, 11) is 0. The van der Waals surface area contributed by atoms with Crippen LogP contribution in [0.1, 0.15) is 10.6 Å². The van der Waals surface area contributed by atoms with E-state index in [9.17, 15) is 4.79 Å². The highest BCUT2D eigenvalue weighted by Gasteiger charge is 2.11. The zero-order valence-electron chi connectivity index (χ0n) is 7.41. The quantitative estimate of drug-likeness (QED) is 0.794. The average molecular weight is 287 g/mol. The van der Waals surface area contributed by atoms with Crippen LogP contribution in [0.25, 0.3) is 11.3 Å². The van der Waals surface area contributed by atoms with E-state index in [2.05, 4.69) is 21.1 Å². The second-order valence-electron chi connectivity index (χ2n) is 2.86. The molecule has 0 saturated heterocycles. The van der Waals surface area contributed by atoms with Crippen molar-refractivity contribution in [1.29, 1.82) is 0 Å². The monoisotopic (exact) mass is 285 g/mol. The molecule has 1 aromatic heterocycles. The summed E-state index contributed by atoms with van der Waals surface area (Å²) in [6.45, 7) is 0. The number of carbonyl (C=O) groups is 1. The fraction of sp³-hybridized carbons (Fsp3) is 0. The molecular formula is C10H5BrClNO2. The molecule has 2 rings (SSSR count). The Bertz CT molecular complexity index is 510. The van der Waals surface area contributed by atoms with Crippen LogP contribution in [0.15, 0.2) is 39.3 Å². The predicted molar refractivity (Wildman–Crippen MR) is 59.8 cm³/mol. The van der Waals surface area contributed by atoms with E-state index in [4.69, 9.17) is 16.1 Å². The lowest BCUT2D eigenvalue weighted by molar-refractivity contribution is 0.104. The minimum absolute atomic E-state index is 0.0478. The van der Waals surface area contributed by atoms with Gasteiger partial charge in [-0.05, 0) is 23.7 Å². The van der Waals surface area contributed by atoms with E-state index in [-0.39, 0.29) is 5.76 Å². The molecule has 2 aromatic rings. The number of rotatable bonds is 2. The van der Waals surface area contributed by atoms with Crippen LogP contribution in [-0.4, -0.2) is 10.4 Å². The lowest BCUT2D eigenvalue weighted by Crippen LogP contribution is -1.81. The number of nitrogens with zero attached hydrogens (tertiary/aromatic N) is 1. The molecule has 1 heterocycles. The van der Waals surface area contributed by atoms with Crippen LogP contribution in [0.3, 0.4) is 0 Å². The van der Waals surface area contributed by atoms with Gasteiger partial charge in [-0.2, -0.15) is 0 Å². The van der Waals surface area contributed by atoms with Crippen molar-refractivity contribution in [2.75, 3.05) is 0 Å². The van der Waals surface area contributed by atoms with Gasteiger partial charge in [0.1, 0.15) is 5.69 Å². The SMILES string of the molecule is O=C(Cl)c1cc(-c2cccc(Br)c2)no1. The largest absolute Gasteiger partial charge is 0.351 e. The molecule has 0 aliphatic carbocycles. The molecule has 0 fully saturated rings. The zero-order valence-corrected chi connectivity index (χ0v) is 9.75. The van der Waals surface area contributed by atoms with Crippen molar-refractivity contribution in [2.24, 2.45) is 0 Å². The van der Waals surface area contributed by atoms with Crippen molar-refractivity contribution >= 4 is 32.8 Å². The molecule has 76 valence electrons. The summed E-state index contributed by atoms with van der Waals surface area (Å²) in [6, 6.07) is 9.02. The Balaban J connectivity index is 2.41. The van der Waals surface area contributed by atoms with Gasteiger partial charge in [-0.3, -0.25) is 4.79 Å². The predicted octanol–water partition coefficient (Wildman–Crippen LogP) is 3.48. The van der Waals surface area contributed by atoms with E-state index in [0.717, 1.165) is 10.0 Å². The van der Waals surface area contributed by atoms with Crippen LogP contribution in [0, 0.1) is 0 Å². The van der Waals surface area contributed by atoms with Crippen LogP contribution in [0.2, 0.25) is 0 Å². The van der Waals surface area contributed by atoms with Crippen molar-refractivity contribution in [1.82, 2.24) is 5.16 Å². The molecule has 0 unspecified atom stereocenters. The fourth-order valence-corrected chi connectivity index (χ4v) is 1.64. The first-order valence-corrected chi connectivity index (χ1v) is 5.26. The van der Waals surface area contributed by atoms with Gasteiger partial charge in [-0.25, -0.2) is 0 Å². The summed E-state index contributed by atoms with van der Waals surface area (Å²) in [6.07, 6.45) is 0. The molecule has 0 radical (unpaired) electrons. The summed E-state index contributed by atoms with van der Waals surface area (Å²) in [5, 5.41) is 3.10. The van der Waals surface area contributed by atoms with Crippen LogP contribution >= 0.6 is 27.5 Å². The van der Waals surface area contributed by atoms with E-state index in [1.165, 1.54) is 6.07 Å². The number of hydrogen-bond acceptors (Lipinski definition) is 3. The number of aromatic nitrogens is 1. The first kappa shape index (κ1) is 10.4. The first-order valence-electron chi connectivity index (χ1n) is 4.09. The van der Waals surface area contributed by atoms with E-state index in [0.29, 0.717) is 5.69 Å². The number of benzene rings is 1. The van der Waals surface area contributed by atoms with Gasteiger partial charge in [0.05, 0.1) is 0 Å². The Labute approximate surface area is 99.2 Å². The van der Waals surface area contributed by atoms with Crippen molar-refractivity contribution in [3.8, 4) is 11.3 Å². The summed E-state index contributed by atoms with van der Waals surface area (Å²) >= 11 is 8.60. The normalized spacial score (nSPS) is 10.3. The summed E-state index contributed by atoms with van der Waals surface area (Å²) in [4.78, 5) is 10.8. The Morgan fingerprint density at radius 2 is 2.20 bits per heavy atom. The molecule has 0 aliphatic heterocycles. The molecule has 0 aliphatic rings. The van der Waals surface area contributed by atoms with E-state index in [1.54, 1.807) is 0 Å². The van der Waals surface area contributed by atoms with Crippen LogP contribution in [0.4, 0.5) is 0 Å². The molecule has 0 amide bonds. The highest BCUT2D eigenvalue weighted by Crippen LogP contribution is 2.23. The third-order valence-corrected chi connectivity index (χ3v) is 2.50. The number of carbonyl (C=O) groups excluding carboxylic acids is 1. The molecule has 0 atom stereocenters. The number of halogens is 2. The summed E-state index contributed by atoms with van der Waals surface area (Å²) in [5.74, 6) is 0.0478. The zero-order chi connectivity index (χ0) is 10.8. The summed E-state index contributed by atoms with van der Waals surface area (Å²) in [5.41, 5.74) is 1.44. The molecule has 0 spiro atoms. The lowest BCUT2D eigenvalue weighted by Gasteiger charge is -1.94. The second-order valence-corrected chi connectivity index (χ2v) is 4.12. The van der Waals surface area contributed by atoms with Crippen LogP contribution in [-0.2, 0) is 0 Å². The van der Waals surface area contributed by atoms with Gasteiger partial charge in [0.15, 0.2) is 0 Å². The van der Waals surface area contributed by atoms with Gasteiger partial charge in [0.25, 0.3) is 5.24 Å². The maximum absolute atomic E-state index is 10.8. The molecule has 15 heavy (non-hydrogen) atoms. The van der Waals surface area contributed by atoms with Gasteiger partial charge in [-0.15, -0.1) is 0 Å². The molecule has 5 heteroatoms. The van der Waals surface area contributed by atoms with Crippen molar-refractivity contribution in [3.05, 3.63) is 40.6 Å². The molecule has 0 bridgehead atoms. The molecule has 0 N–H and O–H groups in total. The van der Waals surface area contributed by atoms with Crippen LogP contribution in [0.5, 0.6) is 0 Å². The average Bonchev–Trinajstić information content (AvgIpc) is 2.66. The minimum Gasteiger partial charge on any atom is -0.351 e. The molecular weight excluding hydrogens is 281 g/mol. The van der Waals surface area contributed by atoms with Crippen molar-refractivity contribution in [3.63, 3.8) is 0 Å². The van der Waals surface area contributed by atoms with Gasteiger partial charge >= 0.3 is 0 Å². The van der Waals surface area contributed by atoms with Gasteiger partial charge in [0.2, 0.25) is 5.76 Å². The fourth-order valence-electron chi connectivity index (χ4n) is 1.15. The maximum Gasteiger partial charge on any atom is 0.290 e. The first-order chi connectivity index (χ1) is 7.16. The second kappa shape index (κ2) is 4.16. The Hall–Kier alpha value is -1.13. The van der Waals surface area contributed by atoms with Gasteiger partial charge < -0.3 is 4.52 Å². The third-order valence-electron chi connectivity index (χ3n) is 1.82. The Morgan fingerprint density at radius 3 is 2.80 bits per heavy atom. The topological polar surface area (TPSA) is 43.1 Å². The molecule has 3 nitrogen and oxygen atoms in total. The van der Waals surface area contributed by atoms with E-state index < -0.39 is 5.24 Å². The Morgan fingerprint density at radius 1 is 1.40 bits per heavy atom. The third kappa shape index (κ3) is 2.27. The van der Waals surface area contributed by atoms with E-state index in [1.807, 2.05) is 24.3 Å².